The molecule has 35 heavy (non-hydrogen) atoms. The van der Waals surface area contributed by atoms with Crippen LogP contribution in [0.1, 0.15) is 24.3 Å². The molecule has 4 rings (SSSR count). The maximum Gasteiger partial charge on any atom is 0.201 e. The largest absolute Gasteiger partial charge is 0.486 e. The average molecular weight is 481 g/mol. The highest BCUT2D eigenvalue weighted by atomic mass is 19.2. The van der Waals surface area contributed by atoms with Crippen LogP contribution >= 0.6 is 0 Å². The Bertz CT molecular complexity index is 1180. The minimum absolute atomic E-state index is 0.0443. The van der Waals surface area contributed by atoms with Gasteiger partial charge >= 0.3 is 0 Å². The molecule has 0 aliphatic carbocycles. The van der Waals surface area contributed by atoms with Crippen LogP contribution < -0.4 is 4.74 Å². The summed E-state index contributed by atoms with van der Waals surface area (Å²) >= 11 is 0. The van der Waals surface area contributed by atoms with Gasteiger partial charge in [0.05, 0.1) is 13.2 Å². The quantitative estimate of drug-likeness (QED) is 0.298. The fourth-order valence-electron chi connectivity index (χ4n) is 4.02. The molecule has 3 nitrogen and oxygen atoms in total. The van der Waals surface area contributed by atoms with E-state index in [1.165, 1.54) is 24.3 Å². The first-order valence-electron chi connectivity index (χ1n) is 11.5. The van der Waals surface area contributed by atoms with Gasteiger partial charge in [0.15, 0.2) is 17.9 Å². The Morgan fingerprint density at radius 3 is 2.11 bits per heavy atom. The monoisotopic (exact) mass is 480 g/mol. The van der Waals surface area contributed by atoms with Gasteiger partial charge in [-0.25, -0.2) is 8.78 Å². The lowest BCUT2D eigenvalue weighted by Crippen LogP contribution is -2.30. The zero-order valence-electron chi connectivity index (χ0n) is 19.3. The third-order valence-corrected chi connectivity index (χ3v) is 5.95. The number of halogens is 3. The van der Waals surface area contributed by atoms with Crippen LogP contribution in [0.25, 0.3) is 22.3 Å². The minimum Gasteiger partial charge on any atom is -0.486 e. The van der Waals surface area contributed by atoms with Gasteiger partial charge in [-0.3, -0.25) is 0 Å². The molecular weight excluding hydrogens is 453 g/mol. The van der Waals surface area contributed by atoms with Crippen molar-refractivity contribution < 1.29 is 27.4 Å². The summed E-state index contributed by atoms with van der Waals surface area (Å²) in [4.78, 5) is 0. The predicted molar refractivity (Wildman–Crippen MR) is 131 cm³/mol. The molecule has 0 spiro atoms. The van der Waals surface area contributed by atoms with E-state index in [1.54, 1.807) is 30.3 Å². The van der Waals surface area contributed by atoms with E-state index < -0.39 is 11.6 Å². The van der Waals surface area contributed by atoms with E-state index in [4.69, 9.17) is 14.2 Å². The van der Waals surface area contributed by atoms with E-state index in [0.29, 0.717) is 29.9 Å². The van der Waals surface area contributed by atoms with E-state index in [2.05, 4.69) is 13.2 Å². The molecule has 3 aromatic rings. The van der Waals surface area contributed by atoms with Crippen molar-refractivity contribution in [3.8, 4) is 28.0 Å². The van der Waals surface area contributed by atoms with Crippen molar-refractivity contribution in [2.24, 2.45) is 0 Å². The Balaban J connectivity index is 1.48. The highest BCUT2D eigenvalue weighted by Gasteiger charge is 2.24. The van der Waals surface area contributed by atoms with Gasteiger partial charge in [-0.15, -0.1) is 6.58 Å². The second-order valence-electron chi connectivity index (χ2n) is 8.31. The lowest BCUT2D eigenvalue weighted by molar-refractivity contribution is -0.189. The van der Waals surface area contributed by atoms with E-state index in [-0.39, 0.29) is 35.9 Å². The van der Waals surface area contributed by atoms with Crippen LogP contribution in [-0.2, 0) is 9.47 Å². The fourth-order valence-corrected chi connectivity index (χ4v) is 4.02. The van der Waals surface area contributed by atoms with Gasteiger partial charge in [-0.2, -0.15) is 4.39 Å². The van der Waals surface area contributed by atoms with Crippen LogP contribution in [0.3, 0.4) is 0 Å². The molecule has 0 amide bonds. The maximum absolute atomic E-state index is 15.0. The van der Waals surface area contributed by atoms with E-state index in [9.17, 15) is 13.2 Å². The third kappa shape index (κ3) is 5.66. The van der Waals surface area contributed by atoms with Crippen LogP contribution in [0.15, 0.2) is 79.9 Å². The van der Waals surface area contributed by atoms with Crippen molar-refractivity contribution in [3.63, 3.8) is 0 Å². The second-order valence-corrected chi connectivity index (χ2v) is 8.31. The van der Waals surface area contributed by atoms with Gasteiger partial charge in [-0.05, 0) is 41.3 Å². The van der Waals surface area contributed by atoms with Crippen molar-refractivity contribution in [2.75, 3.05) is 19.8 Å². The van der Waals surface area contributed by atoms with Crippen molar-refractivity contribution >= 4 is 0 Å². The first-order chi connectivity index (χ1) is 17.0. The van der Waals surface area contributed by atoms with Gasteiger partial charge in [0.1, 0.15) is 12.4 Å². The Morgan fingerprint density at radius 1 is 0.829 bits per heavy atom. The molecule has 1 saturated heterocycles. The van der Waals surface area contributed by atoms with Crippen LogP contribution in [0, 0.1) is 17.5 Å². The molecule has 6 heteroatoms. The Labute approximate surface area is 203 Å². The smallest absolute Gasteiger partial charge is 0.201 e. The number of hydrogen-bond donors (Lipinski definition) is 0. The SMILES string of the molecule is C=CCCC1OCC(c2ccc(-c3ccc(-c4ccc(OCC=C)c(F)c4F)cc3)c(F)c2)CO1. The molecule has 1 aliphatic heterocycles. The van der Waals surface area contributed by atoms with Crippen LogP contribution in [0.4, 0.5) is 13.2 Å². The molecule has 0 saturated carbocycles. The molecule has 1 aliphatic rings. The molecule has 0 bridgehead atoms. The fraction of sp³-hybridized carbons (Fsp3) is 0.241. The van der Waals surface area contributed by atoms with Gasteiger partial charge in [0, 0.05) is 23.5 Å². The number of ether oxygens (including phenoxy) is 3. The average Bonchev–Trinajstić information content (AvgIpc) is 2.89. The highest BCUT2D eigenvalue weighted by Crippen LogP contribution is 2.33. The molecule has 0 atom stereocenters. The summed E-state index contributed by atoms with van der Waals surface area (Å²) in [5.41, 5.74) is 2.42. The minimum atomic E-state index is -1.06. The summed E-state index contributed by atoms with van der Waals surface area (Å²) in [5.74, 6) is -2.65. The maximum atomic E-state index is 15.0. The first kappa shape index (κ1) is 24.8. The van der Waals surface area contributed by atoms with Crippen LogP contribution in [-0.4, -0.2) is 26.1 Å². The number of rotatable bonds is 9. The zero-order valence-corrected chi connectivity index (χ0v) is 19.3. The van der Waals surface area contributed by atoms with Crippen LogP contribution in [0.5, 0.6) is 5.75 Å². The topological polar surface area (TPSA) is 27.7 Å². The highest BCUT2D eigenvalue weighted by molar-refractivity contribution is 5.71. The van der Waals surface area contributed by atoms with Crippen LogP contribution in [0.2, 0.25) is 0 Å². The van der Waals surface area contributed by atoms with Crippen molar-refractivity contribution in [3.05, 3.63) is 103 Å². The van der Waals surface area contributed by atoms with Gasteiger partial charge in [0.2, 0.25) is 5.82 Å². The van der Waals surface area contributed by atoms with Gasteiger partial charge in [0.25, 0.3) is 0 Å². The van der Waals surface area contributed by atoms with Crippen molar-refractivity contribution in [1.29, 1.82) is 0 Å². The van der Waals surface area contributed by atoms with Gasteiger partial charge in [-0.1, -0.05) is 55.1 Å². The molecule has 0 aromatic heterocycles. The molecule has 3 aromatic carbocycles. The number of allylic oxidation sites excluding steroid dienone is 1. The normalized spacial score (nSPS) is 17.7. The second kappa shape index (κ2) is 11.4. The summed E-state index contributed by atoms with van der Waals surface area (Å²) < 4.78 is 60.5. The molecule has 182 valence electrons. The summed E-state index contributed by atoms with van der Waals surface area (Å²) in [5, 5.41) is 0. The van der Waals surface area contributed by atoms with E-state index >= 15 is 0 Å². The standard InChI is InChI=1S/C29H27F3O3/c1-3-5-6-27-34-17-22(18-35-27)21-11-12-23(25(30)16-21)19-7-9-20(10-8-19)24-13-14-26(33-15-4-2)29(32)28(24)31/h3-4,7-14,16,22,27H,1-2,5-6,15,17-18H2. The Hall–Kier alpha value is -3.35. The zero-order chi connectivity index (χ0) is 24.8. The Morgan fingerprint density at radius 2 is 1.49 bits per heavy atom. The summed E-state index contributed by atoms with van der Waals surface area (Å²) in [6.07, 6.45) is 4.59. The first-order valence-corrected chi connectivity index (χ1v) is 11.5. The predicted octanol–water partition coefficient (Wildman–Crippen LogP) is 7.43. The molecule has 0 N–H and O–H groups in total. The lowest BCUT2D eigenvalue weighted by atomic mass is 9.95. The lowest BCUT2D eigenvalue weighted by Gasteiger charge is -2.29. The summed E-state index contributed by atoms with van der Waals surface area (Å²) in [7, 11) is 0. The van der Waals surface area contributed by atoms with Crippen molar-refractivity contribution in [2.45, 2.75) is 25.0 Å². The molecule has 1 heterocycles. The van der Waals surface area contributed by atoms with Gasteiger partial charge < -0.3 is 14.2 Å². The van der Waals surface area contributed by atoms with E-state index in [0.717, 1.165) is 18.4 Å². The molecule has 1 fully saturated rings. The molecular formula is C29H27F3O3. The summed E-state index contributed by atoms with van der Waals surface area (Å²) in [6.45, 7) is 8.20. The molecule has 0 unspecified atom stereocenters. The molecule has 0 radical (unpaired) electrons. The van der Waals surface area contributed by atoms with E-state index in [1.807, 2.05) is 12.1 Å². The number of hydrogen-bond acceptors (Lipinski definition) is 3. The Kier molecular flexibility index (Phi) is 8.06. The third-order valence-electron chi connectivity index (χ3n) is 5.95. The van der Waals surface area contributed by atoms with Crippen molar-refractivity contribution in [1.82, 2.24) is 0 Å². The number of benzene rings is 3. The summed E-state index contributed by atoms with van der Waals surface area (Å²) in [6, 6.07) is 14.6.